The summed E-state index contributed by atoms with van der Waals surface area (Å²) in [5, 5.41) is 22.5. The number of nitro groups is 1. The van der Waals surface area contributed by atoms with Crippen LogP contribution in [-0.2, 0) is 10.0 Å². The standard InChI is InChI=1S/C13H19N3O5S/c17-9-7-14-11-2-1-8-15(10-11)22(20,21)13-5-3-12(4-6-13)16(18)19/h3-6,11,14,17H,1-2,7-10H2. The molecule has 0 radical (unpaired) electrons. The summed E-state index contributed by atoms with van der Waals surface area (Å²) in [6.07, 6.45) is 1.58. The van der Waals surface area contributed by atoms with Gasteiger partial charge in [-0.2, -0.15) is 4.31 Å². The van der Waals surface area contributed by atoms with Crippen molar-refractivity contribution in [3.63, 3.8) is 0 Å². The molecule has 1 heterocycles. The number of piperidine rings is 1. The number of nitrogens with one attached hydrogen (secondary N) is 1. The fraction of sp³-hybridized carbons (Fsp3) is 0.538. The second-order valence-corrected chi connectivity index (χ2v) is 7.07. The Bertz CT molecular complexity index is 617. The lowest BCUT2D eigenvalue weighted by Gasteiger charge is -2.32. The molecule has 0 saturated carbocycles. The van der Waals surface area contributed by atoms with Gasteiger partial charge in [0.05, 0.1) is 16.4 Å². The Morgan fingerprint density at radius 1 is 1.36 bits per heavy atom. The molecule has 1 unspecified atom stereocenters. The molecule has 9 heteroatoms. The first-order chi connectivity index (χ1) is 10.4. The van der Waals surface area contributed by atoms with Crippen LogP contribution < -0.4 is 5.32 Å². The monoisotopic (exact) mass is 329 g/mol. The average molecular weight is 329 g/mol. The van der Waals surface area contributed by atoms with Gasteiger partial charge >= 0.3 is 0 Å². The van der Waals surface area contributed by atoms with E-state index in [2.05, 4.69) is 5.32 Å². The number of hydrogen-bond donors (Lipinski definition) is 2. The maximum Gasteiger partial charge on any atom is 0.269 e. The molecule has 8 nitrogen and oxygen atoms in total. The van der Waals surface area contributed by atoms with Crippen molar-refractivity contribution < 1.29 is 18.4 Å². The number of sulfonamides is 1. The normalized spacial score (nSPS) is 20.0. The van der Waals surface area contributed by atoms with Gasteiger partial charge in [-0.1, -0.05) is 0 Å². The Morgan fingerprint density at radius 2 is 2.05 bits per heavy atom. The highest BCUT2D eigenvalue weighted by Crippen LogP contribution is 2.22. The van der Waals surface area contributed by atoms with Crippen molar-refractivity contribution in [1.29, 1.82) is 0 Å². The Kier molecular flexibility index (Phi) is 5.46. The van der Waals surface area contributed by atoms with E-state index in [1.54, 1.807) is 0 Å². The summed E-state index contributed by atoms with van der Waals surface area (Å²) in [5.74, 6) is 0. The van der Waals surface area contributed by atoms with Gasteiger partial charge in [0.1, 0.15) is 0 Å². The molecule has 1 aromatic carbocycles. The van der Waals surface area contributed by atoms with Crippen LogP contribution in [0.25, 0.3) is 0 Å². The van der Waals surface area contributed by atoms with Gasteiger partial charge in [0.15, 0.2) is 0 Å². The maximum absolute atomic E-state index is 12.6. The molecular formula is C13H19N3O5S. The van der Waals surface area contributed by atoms with Crippen molar-refractivity contribution in [3.05, 3.63) is 34.4 Å². The van der Waals surface area contributed by atoms with Crippen molar-refractivity contribution in [2.45, 2.75) is 23.8 Å². The second-order valence-electron chi connectivity index (χ2n) is 5.13. The minimum Gasteiger partial charge on any atom is -0.395 e. The van der Waals surface area contributed by atoms with Crippen LogP contribution in [0.1, 0.15) is 12.8 Å². The van der Waals surface area contributed by atoms with E-state index in [9.17, 15) is 18.5 Å². The SMILES string of the molecule is O=[N+]([O-])c1ccc(S(=O)(=O)N2CCCC(NCCO)C2)cc1. The highest BCUT2D eigenvalue weighted by atomic mass is 32.2. The van der Waals surface area contributed by atoms with E-state index in [1.165, 1.54) is 28.6 Å². The molecule has 1 saturated heterocycles. The number of rotatable bonds is 6. The van der Waals surface area contributed by atoms with Gasteiger partial charge in [-0.3, -0.25) is 10.1 Å². The summed E-state index contributed by atoms with van der Waals surface area (Å²) in [7, 11) is -3.65. The lowest BCUT2D eigenvalue weighted by atomic mass is 10.1. The molecule has 0 bridgehead atoms. The van der Waals surface area contributed by atoms with Crippen LogP contribution >= 0.6 is 0 Å². The zero-order chi connectivity index (χ0) is 16.2. The Morgan fingerprint density at radius 3 is 2.64 bits per heavy atom. The summed E-state index contributed by atoms with van der Waals surface area (Å²) >= 11 is 0. The van der Waals surface area contributed by atoms with Crippen LogP contribution in [0.5, 0.6) is 0 Å². The quantitative estimate of drug-likeness (QED) is 0.574. The lowest BCUT2D eigenvalue weighted by molar-refractivity contribution is -0.384. The van der Waals surface area contributed by atoms with E-state index in [0.717, 1.165) is 12.8 Å². The summed E-state index contributed by atoms with van der Waals surface area (Å²) < 4.78 is 26.5. The molecule has 122 valence electrons. The smallest absolute Gasteiger partial charge is 0.269 e. The highest BCUT2D eigenvalue weighted by molar-refractivity contribution is 7.89. The molecule has 1 aromatic rings. The second kappa shape index (κ2) is 7.14. The minimum atomic E-state index is -3.65. The fourth-order valence-corrected chi connectivity index (χ4v) is 4.01. The first-order valence-electron chi connectivity index (χ1n) is 7.04. The molecule has 2 rings (SSSR count). The zero-order valence-corrected chi connectivity index (χ0v) is 12.8. The first kappa shape index (κ1) is 16.8. The summed E-state index contributed by atoms with van der Waals surface area (Å²) in [5.41, 5.74) is -0.139. The first-order valence-corrected chi connectivity index (χ1v) is 8.48. The summed E-state index contributed by atoms with van der Waals surface area (Å²) in [6, 6.07) is 4.92. The number of hydrogen-bond acceptors (Lipinski definition) is 6. The molecular weight excluding hydrogens is 310 g/mol. The van der Waals surface area contributed by atoms with Gasteiger partial charge in [0, 0.05) is 37.8 Å². The molecule has 0 aromatic heterocycles. The van der Waals surface area contributed by atoms with Crippen molar-refractivity contribution in [2.24, 2.45) is 0 Å². The van der Waals surface area contributed by atoms with Gasteiger partial charge in [-0.15, -0.1) is 0 Å². The number of aliphatic hydroxyl groups is 1. The lowest BCUT2D eigenvalue weighted by Crippen LogP contribution is -2.48. The van der Waals surface area contributed by atoms with Crippen LogP contribution in [0.3, 0.4) is 0 Å². The average Bonchev–Trinajstić information content (AvgIpc) is 2.53. The molecule has 0 spiro atoms. The fourth-order valence-electron chi connectivity index (χ4n) is 2.48. The van der Waals surface area contributed by atoms with Crippen molar-refractivity contribution >= 4 is 15.7 Å². The number of nitro benzene ring substituents is 1. The number of aliphatic hydroxyl groups excluding tert-OH is 1. The topological polar surface area (TPSA) is 113 Å². The predicted octanol–water partition coefficient (Wildman–Crippen LogP) is 0.330. The minimum absolute atomic E-state index is 0.00556. The third-order valence-electron chi connectivity index (χ3n) is 3.61. The van der Waals surface area contributed by atoms with E-state index in [-0.39, 0.29) is 23.2 Å². The number of benzene rings is 1. The van der Waals surface area contributed by atoms with Gasteiger partial charge < -0.3 is 10.4 Å². The van der Waals surface area contributed by atoms with Gasteiger partial charge in [-0.05, 0) is 25.0 Å². The third kappa shape index (κ3) is 3.80. The molecule has 1 aliphatic rings. The number of nitrogens with zero attached hydrogens (tertiary/aromatic N) is 2. The largest absolute Gasteiger partial charge is 0.395 e. The van der Waals surface area contributed by atoms with Crippen LogP contribution in [0.4, 0.5) is 5.69 Å². The summed E-state index contributed by atoms with van der Waals surface area (Å²) in [6.45, 7) is 1.19. The van der Waals surface area contributed by atoms with Crippen LogP contribution in [-0.4, -0.2) is 55.0 Å². The number of non-ortho nitro benzene ring substituents is 1. The van der Waals surface area contributed by atoms with Crippen molar-refractivity contribution in [3.8, 4) is 0 Å². The maximum atomic E-state index is 12.6. The van der Waals surface area contributed by atoms with E-state index < -0.39 is 14.9 Å². The van der Waals surface area contributed by atoms with E-state index in [4.69, 9.17) is 5.11 Å². The van der Waals surface area contributed by atoms with Crippen LogP contribution in [0, 0.1) is 10.1 Å². The van der Waals surface area contributed by atoms with Crippen LogP contribution in [0.2, 0.25) is 0 Å². The van der Waals surface area contributed by atoms with Gasteiger partial charge in [-0.25, -0.2) is 8.42 Å². The molecule has 1 aliphatic heterocycles. The Balaban J connectivity index is 2.13. The van der Waals surface area contributed by atoms with E-state index in [0.29, 0.717) is 19.6 Å². The zero-order valence-electron chi connectivity index (χ0n) is 12.0. The molecule has 0 amide bonds. The van der Waals surface area contributed by atoms with Gasteiger partial charge in [0.2, 0.25) is 10.0 Å². The molecule has 1 fully saturated rings. The van der Waals surface area contributed by atoms with Crippen LogP contribution in [0.15, 0.2) is 29.2 Å². The molecule has 0 aliphatic carbocycles. The van der Waals surface area contributed by atoms with E-state index in [1.807, 2.05) is 0 Å². The van der Waals surface area contributed by atoms with E-state index >= 15 is 0 Å². The summed E-state index contributed by atoms with van der Waals surface area (Å²) in [4.78, 5) is 10.1. The highest BCUT2D eigenvalue weighted by Gasteiger charge is 2.30. The van der Waals surface area contributed by atoms with Crippen molar-refractivity contribution in [1.82, 2.24) is 9.62 Å². The Labute approximate surface area is 128 Å². The Hall–Kier alpha value is -1.55. The molecule has 22 heavy (non-hydrogen) atoms. The molecule has 2 N–H and O–H groups in total. The molecule has 1 atom stereocenters. The van der Waals surface area contributed by atoms with Crippen molar-refractivity contribution in [2.75, 3.05) is 26.2 Å². The third-order valence-corrected chi connectivity index (χ3v) is 5.49. The predicted molar refractivity (Wildman–Crippen MR) is 80.0 cm³/mol. The van der Waals surface area contributed by atoms with Gasteiger partial charge in [0.25, 0.3) is 5.69 Å².